The molecule has 1 amide bonds. The molecule has 1 fully saturated rings. The average molecular weight is 483 g/mol. The Morgan fingerprint density at radius 3 is 2.74 bits per heavy atom. The van der Waals surface area contributed by atoms with E-state index in [2.05, 4.69) is 10.3 Å². The highest BCUT2D eigenvalue weighted by Gasteiger charge is 2.35. The standard InChI is InChI=1S/C18H15FIN3O4/c19-11-5-9(20)1-2-12(11)22-16-10-6-21-4-3-15(10)27-17(16)18(26)23-7-13(24)14(25)8-23/h1-6,13-14,22,24-25H,7-8H2/t13-,14-/m0/s1. The van der Waals surface area contributed by atoms with Crippen LogP contribution in [0.4, 0.5) is 15.8 Å². The van der Waals surface area contributed by atoms with Crippen molar-refractivity contribution in [2.75, 3.05) is 18.4 Å². The molecule has 4 rings (SSSR count). The molecule has 1 saturated heterocycles. The van der Waals surface area contributed by atoms with Crippen LogP contribution in [0.3, 0.4) is 0 Å². The number of fused-ring (bicyclic) bond motifs is 1. The quantitative estimate of drug-likeness (QED) is 0.496. The van der Waals surface area contributed by atoms with Gasteiger partial charge in [-0.05, 0) is 46.9 Å². The largest absolute Gasteiger partial charge is 0.448 e. The van der Waals surface area contributed by atoms with Crippen molar-refractivity contribution in [2.24, 2.45) is 0 Å². The fourth-order valence-corrected chi connectivity index (χ4v) is 3.47. The molecule has 3 aromatic rings. The Kier molecular flexibility index (Phi) is 4.74. The van der Waals surface area contributed by atoms with Crippen LogP contribution in [0, 0.1) is 9.39 Å². The zero-order valence-corrected chi connectivity index (χ0v) is 16.1. The fraction of sp³-hybridized carbons (Fsp3) is 0.222. The summed E-state index contributed by atoms with van der Waals surface area (Å²) in [7, 11) is 0. The van der Waals surface area contributed by atoms with Crippen molar-refractivity contribution < 1.29 is 23.8 Å². The van der Waals surface area contributed by atoms with Gasteiger partial charge in [-0.25, -0.2) is 4.39 Å². The van der Waals surface area contributed by atoms with E-state index in [1.807, 2.05) is 22.6 Å². The van der Waals surface area contributed by atoms with Crippen molar-refractivity contribution in [1.29, 1.82) is 0 Å². The van der Waals surface area contributed by atoms with E-state index >= 15 is 0 Å². The summed E-state index contributed by atoms with van der Waals surface area (Å²) in [4.78, 5) is 18.3. The zero-order valence-electron chi connectivity index (χ0n) is 13.9. The number of hydrogen-bond donors (Lipinski definition) is 3. The number of hydrogen-bond acceptors (Lipinski definition) is 6. The van der Waals surface area contributed by atoms with E-state index < -0.39 is 23.9 Å². The fourth-order valence-electron chi connectivity index (χ4n) is 3.02. The van der Waals surface area contributed by atoms with E-state index in [4.69, 9.17) is 4.42 Å². The molecular formula is C18H15FIN3O4. The number of aromatic nitrogens is 1. The molecule has 9 heteroatoms. The topological polar surface area (TPSA) is 98.8 Å². The van der Waals surface area contributed by atoms with Crippen molar-refractivity contribution in [3.8, 4) is 0 Å². The first-order chi connectivity index (χ1) is 12.9. The van der Waals surface area contributed by atoms with E-state index in [9.17, 15) is 19.4 Å². The van der Waals surface area contributed by atoms with Gasteiger partial charge < -0.3 is 24.8 Å². The highest BCUT2D eigenvalue weighted by atomic mass is 127. The Balaban J connectivity index is 1.76. The summed E-state index contributed by atoms with van der Waals surface area (Å²) in [6, 6.07) is 6.29. The minimum Gasteiger partial charge on any atom is -0.448 e. The number of halogens is 2. The lowest BCUT2D eigenvalue weighted by atomic mass is 10.2. The molecule has 0 bridgehead atoms. The number of furan rings is 1. The molecule has 1 aromatic carbocycles. The van der Waals surface area contributed by atoms with Gasteiger partial charge in [-0.15, -0.1) is 0 Å². The van der Waals surface area contributed by atoms with Gasteiger partial charge in [-0.2, -0.15) is 0 Å². The van der Waals surface area contributed by atoms with Crippen LogP contribution in [-0.2, 0) is 0 Å². The first kappa shape index (κ1) is 18.1. The Hall–Kier alpha value is -2.24. The molecule has 0 spiro atoms. The number of benzene rings is 1. The molecule has 2 atom stereocenters. The van der Waals surface area contributed by atoms with Gasteiger partial charge in [0.05, 0.1) is 23.3 Å². The van der Waals surface area contributed by atoms with E-state index in [1.54, 1.807) is 18.2 Å². The third kappa shape index (κ3) is 3.37. The first-order valence-electron chi connectivity index (χ1n) is 8.18. The maximum atomic E-state index is 14.3. The SMILES string of the molecule is O=C(c1oc2ccncc2c1Nc1ccc(I)cc1F)N1C[C@H](O)[C@@H](O)C1. The van der Waals surface area contributed by atoms with Gasteiger partial charge in [0.2, 0.25) is 5.76 Å². The number of aliphatic hydroxyl groups is 2. The maximum absolute atomic E-state index is 14.3. The van der Waals surface area contributed by atoms with Gasteiger partial charge in [0.15, 0.2) is 0 Å². The second kappa shape index (κ2) is 7.06. The number of nitrogens with zero attached hydrogens (tertiary/aromatic N) is 2. The third-order valence-corrected chi connectivity index (χ3v) is 5.09. The third-order valence-electron chi connectivity index (χ3n) is 4.42. The van der Waals surface area contributed by atoms with Crippen LogP contribution in [0.25, 0.3) is 11.0 Å². The molecule has 2 aromatic heterocycles. The molecule has 3 N–H and O–H groups in total. The monoisotopic (exact) mass is 483 g/mol. The second-order valence-corrected chi connectivity index (χ2v) is 7.52. The summed E-state index contributed by atoms with van der Waals surface area (Å²) in [6.45, 7) is -0.0146. The normalized spacial score (nSPS) is 19.6. The number of anilines is 2. The van der Waals surface area contributed by atoms with E-state index in [0.717, 1.165) is 3.57 Å². The number of carbonyl (C=O) groups excluding carboxylic acids is 1. The number of pyridine rings is 1. The predicted molar refractivity (Wildman–Crippen MR) is 104 cm³/mol. The number of nitrogens with one attached hydrogen (secondary N) is 1. The van der Waals surface area contributed by atoms with Crippen LogP contribution < -0.4 is 5.32 Å². The Labute approximate surface area is 166 Å². The van der Waals surface area contributed by atoms with Crippen LogP contribution in [0.2, 0.25) is 0 Å². The van der Waals surface area contributed by atoms with Crippen molar-refractivity contribution in [3.05, 3.63) is 51.8 Å². The van der Waals surface area contributed by atoms with Gasteiger partial charge in [0, 0.05) is 29.1 Å². The highest BCUT2D eigenvalue weighted by Crippen LogP contribution is 2.35. The van der Waals surface area contributed by atoms with Gasteiger partial charge in [0.25, 0.3) is 5.91 Å². The molecule has 0 unspecified atom stereocenters. The smallest absolute Gasteiger partial charge is 0.292 e. The van der Waals surface area contributed by atoms with Crippen LogP contribution in [-0.4, -0.2) is 51.3 Å². The Morgan fingerprint density at radius 1 is 1.30 bits per heavy atom. The molecule has 140 valence electrons. The van der Waals surface area contributed by atoms with Crippen molar-refractivity contribution in [1.82, 2.24) is 9.88 Å². The number of amides is 1. The minimum absolute atomic E-state index is 0.00731. The molecule has 0 aliphatic carbocycles. The zero-order chi connectivity index (χ0) is 19.1. The summed E-state index contributed by atoms with van der Waals surface area (Å²) in [5, 5.41) is 22.9. The number of rotatable bonds is 3. The summed E-state index contributed by atoms with van der Waals surface area (Å²) in [5.41, 5.74) is 0.902. The van der Waals surface area contributed by atoms with Gasteiger partial charge in [-0.1, -0.05) is 0 Å². The van der Waals surface area contributed by atoms with Crippen molar-refractivity contribution in [2.45, 2.75) is 12.2 Å². The summed E-state index contributed by atoms with van der Waals surface area (Å²) >= 11 is 2.01. The summed E-state index contributed by atoms with van der Waals surface area (Å²) < 4.78 is 20.7. The number of β-amino-alcohol motifs (C(OH)–C–C–N with tert-alkyl or cyclic N) is 2. The highest BCUT2D eigenvalue weighted by molar-refractivity contribution is 14.1. The number of aliphatic hydroxyl groups excluding tert-OH is 2. The molecule has 1 aliphatic rings. The molecule has 7 nitrogen and oxygen atoms in total. The lowest BCUT2D eigenvalue weighted by Crippen LogP contribution is -2.30. The van der Waals surface area contributed by atoms with Crippen molar-refractivity contribution in [3.63, 3.8) is 0 Å². The molecule has 0 radical (unpaired) electrons. The van der Waals surface area contributed by atoms with E-state index in [-0.39, 0.29) is 24.5 Å². The lowest BCUT2D eigenvalue weighted by Gasteiger charge is -2.15. The van der Waals surface area contributed by atoms with Gasteiger partial charge in [-0.3, -0.25) is 9.78 Å². The summed E-state index contributed by atoms with van der Waals surface area (Å²) in [6.07, 6.45) is 1.03. The predicted octanol–water partition coefficient (Wildman–Crippen LogP) is 2.49. The average Bonchev–Trinajstić information content (AvgIpc) is 3.17. The van der Waals surface area contributed by atoms with E-state index in [0.29, 0.717) is 16.7 Å². The minimum atomic E-state index is -1.01. The van der Waals surface area contributed by atoms with Crippen molar-refractivity contribution >= 4 is 50.8 Å². The van der Waals surface area contributed by atoms with Crippen LogP contribution in [0.5, 0.6) is 0 Å². The Morgan fingerprint density at radius 2 is 2.04 bits per heavy atom. The first-order valence-corrected chi connectivity index (χ1v) is 9.26. The maximum Gasteiger partial charge on any atom is 0.292 e. The molecular weight excluding hydrogens is 468 g/mol. The van der Waals surface area contributed by atoms with Crippen LogP contribution >= 0.6 is 22.6 Å². The number of likely N-dealkylation sites (tertiary alicyclic amines) is 1. The molecule has 27 heavy (non-hydrogen) atoms. The van der Waals surface area contributed by atoms with Crippen LogP contribution in [0.1, 0.15) is 10.6 Å². The Bertz CT molecular complexity index is 1020. The number of carbonyl (C=O) groups is 1. The molecule has 3 heterocycles. The molecule has 1 aliphatic heterocycles. The summed E-state index contributed by atoms with van der Waals surface area (Å²) in [5.74, 6) is -1.00. The van der Waals surface area contributed by atoms with E-state index in [1.165, 1.54) is 23.4 Å². The second-order valence-electron chi connectivity index (χ2n) is 6.27. The van der Waals surface area contributed by atoms with Gasteiger partial charge in [0.1, 0.15) is 17.1 Å². The molecule has 0 saturated carbocycles. The van der Waals surface area contributed by atoms with Crippen LogP contribution in [0.15, 0.2) is 41.1 Å². The lowest BCUT2D eigenvalue weighted by molar-refractivity contribution is 0.0572. The van der Waals surface area contributed by atoms with Gasteiger partial charge >= 0.3 is 0 Å².